The average Bonchev–Trinajstić information content (AvgIpc) is 2.38. The van der Waals surface area contributed by atoms with Crippen molar-refractivity contribution in [1.82, 2.24) is 0 Å². The third kappa shape index (κ3) is 3.26. The predicted octanol–water partition coefficient (Wildman–Crippen LogP) is 5.02. The van der Waals surface area contributed by atoms with E-state index in [1.807, 2.05) is 6.07 Å². The summed E-state index contributed by atoms with van der Waals surface area (Å²) in [5.74, 6) is 0.154. The van der Waals surface area contributed by atoms with Crippen LogP contribution in [0.3, 0.4) is 0 Å². The van der Waals surface area contributed by atoms with Gasteiger partial charge in [0.2, 0.25) is 0 Å². The Bertz CT molecular complexity index is 641. The summed E-state index contributed by atoms with van der Waals surface area (Å²) in [4.78, 5) is 12.3. The highest BCUT2D eigenvalue weighted by atomic mass is 79.9. The Labute approximate surface area is 135 Å². The third-order valence-electron chi connectivity index (χ3n) is 2.60. The van der Waals surface area contributed by atoms with Crippen molar-refractivity contribution in [3.63, 3.8) is 0 Å². The fraction of sp³-hybridized carbons (Fsp3) is 0.0714. The van der Waals surface area contributed by atoms with E-state index in [2.05, 4.69) is 21.2 Å². The first-order valence-electron chi connectivity index (χ1n) is 5.62. The van der Waals surface area contributed by atoms with E-state index in [0.29, 0.717) is 21.5 Å². The Morgan fingerprint density at radius 2 is 1.85 bits per heavy atom. The van der Waals surface area contributed by atoms with E-state index in [4.69, 9.17) is 27.9 Å². The molecular formula is C14H10BrCl2NO2. The number of carbonyl (C=O) groups is 1. The Morgan fingerprint density at radius 3 is 2.45 bits per heavy atom. The predicted molar refractivity (Wildman–Crippen MR) is 85.1 cm³/mol. The van der Waals surface area contributed by atoms with Crippen LogP contribution >= 0.6 is 39.1 Å². The van der Waals surface area contributed by atoms with Crippen LogP contribution in [0.4, 0.5) is 5.69 Å². The zero-order valence-corrected chi connectivity index (χ0v) is 13.5. The molecule has 0 saturated carbocycles. The average molecular weight is 375 g/mol. The number of amides is 1. The van der Waals surface area contributed by atoms with Gasteiger partial charge in [-0.1, -0.05) is 45.2 Å². The Kier molecular flexibility index (Phi) is 4.91. The molecule has 0 saturated heterocycles. The lowest BCUT2D eigenvalue weighted by molar-refractivity contribution is 0.102. The normalized spacial score (nSPS) is 10.2. The number of ether oxygens (including phenoxy) is 1. The van der Waals surface area contributed by atoms with E-state index < -0.39 is 5.91 Å². The lowest BCUT2D eigenvalue weighted by Gasteiger charge is -2.12. The molecular weight excluding hydrogens is 365 g/mol. The van der Waals surface area contributed by atoms with Crippen LogP contribution in [0.5, 0.6) is 5.75 Å². The van der Waals surface area contributed by atoms with Crippen molar-refractivity contribution in [1.29, 1.82) is 0 Å². The van der Waals surface area contributed by atoms with Crippen molar-refractivity contribution in [2.45, 2.75) is 0 Å². The second kappa shape index (κ2) is 6.48. The molecule has 0 spiro atoms. The molecule has 20 heavy (non-hydrogen) atoms. The van der Waals surface area contributed by atoms with Crippen molar-refractivity contribution in [3.05, 3.63) is 56.5 Å². The van der Waals surface area contributed by atoms with Crippen LogP contribution in [-0.2, 0) is 0 Å². The van der Waals surface area contributed by atoms with Gasteiger partial charge in [-0.2, -0.15) is 0 Å². The summed E-state index contributed by atoms with van der Waals surface area (Å²) in [7, 11) is 1.53. The summed E-state index contributed by atoms with van der Waals surface area (Å²) in [6.07, 6.45) is 0. The van der Waals surface area contributed by atoms with Gasteiger partial charge in [-0.05, 0) is 30.3 Å². The Morgan fingerprint density at radius 1 is 1.20 bits per heavy atom. The highest BCUT2D eigenvalue weighted by Gasteiger charge is 2.16. The van der Waals surface area contributed by atoms with Gasteiger partial charge in [0, 0.05) is 4.47 Å². The molecule has 0 atom stereocenters. The largest absolute Gasteiger partial charge is 0.495 e. The van der Waals surface area contributed by atoms with Crippen LogP contribution in [0.15, 0.2) is 40.9 Å². The van der Waals surface area contributed by atoms with Gasteiger partial charge in [-0.25, -0.2) is 0 Å². The summed E-state index contributed by atoms with van der Waals surface area (Å²) < 4.78 is 6.01. The number of anilines is 1. The van der Waals surface area contributed by atoms with Gasteiger partial charge in [0.15, 0.2) is 0 Å². The molecule has 0 aromatic heterocycles. The number of carbonyl (C=O) groups excluding carboxylic acids is 1. The van der Waals surface area contributed by atoms with E-state index in [-0.39, 0.29) is 5.56 Å². The molecule has 0 unspecified atom stereocenters. The molecule has 0 radical (unpaired) electrons. The van der Waals surface area contributed by atoms with E-state index in [9.17, 15) is 4.79 Å². The quantitative estimate of drug-likeness (QED) is 0.819. The SMILES string of the molecule is COc1ccc(Br)cc1NC(=O)c1c(Cl)cccc1Cl. The number of methoxy groups -OCH3 is 1. The maximum absolute atomic E-state index is 12.3. The monoisotopic (exact) mass is 373 g/mol. The standard InChI is InChI=1S/C14H10BrCl2NO2/c1-20-12-6-5-8(15)7-11(12)18-14(19)13-9(16)3-2-4-10(13)17/h2-7H,1H3,(H,18,19). The molecule has 0 fully saturated rings. The van der Waals surface area contributed by atoms with Gasteiger partial charge < -0.3 is 10.1 Å². The van der Waals surface area contributed by atoms with Gasteiger partial charge in [-0.15, -0.1) is 0 Å². The molecule has 6 heteroatoms. The molecule has 0 aliphatic carbocycles. The van der Waals surface area contributed by atoms with Crippen LogP contribution in [0, 0.1) is 0 Å². The van der Waals surface area contributed by atoms with Gasteiger partial charge >= 0.3 is 0 Å². The van der Waals surface area contributed by atoms with Crippen molar-refractivity contribution >= 4 is 50.7 Å². The Hall–Kier alpha value is -1.23. The second-order valence-corrected chi connectivity index (χ2v) is 5.63. The summed E-state index contributed by atoms with van der Waals surface area (Å²) in [6.45, 7) is 0. The molecule has 2 aromatic carbocycles. The van der Waals surface area contributed by atoms with E-state index in [1.165, 1.54) is 7.11 Å². The highest BCUT2D eigenvalue weighted by molar-refractivity contribution is 9.10. The summed E-state index contributed by atoms with van der Waals surface area (Å²) in [5.41, 5.74) is 0.765. The van der Waals surface area contributed by atoms with Gasteiger partial charge in [0.05, 0.1) is 28.4 Å². The highest BCUT2D eigenvalue weighted by Crippen LogP contribution is 2.30. The van der Waals surface area contributed by atoms with Crippen molar-refractivity contribution in [2.75, 3.05) is 12.4 Å². The zero-order valence-electron chi connectivity index (χ0n) is 10.4. The fourth-order valence-corrected chi connectivity index (χ4v) is 2.61. The molecule has 2 aromatic rings. The lowest BCUT2D eigenvalue weighted by Crippen LogP contribution is -2.13. The van der Waals surface area contributed by atoms with Crippen LogP contribution in [0.2, 0.25) is 10.0 Å². The Balaban J connectivity index is 2.35. The number of nitrogens with one attached hydrogen (secondary N) is 1. The number of halogens is 3. The molecule has 2 rings (SSSR count). The number of benzene rings is 2. The van der Waals surface area contributed by atoms with Crippen LogP contribution in [0.25, 0.3) is 0 Å². The van der Waals surface area contributed by atoms with E-state index in [1.54, 1.807) is 30.3 Å². The minimum Gasteiger partial charge on any atom is -0.495 e. The van der Waals surface area contributed by atoms with Crippen molar-refractivity contribution < 1.29 is 9.53 Å². The molecule has 3 nitrogen and oxygen atoms in total. The summed E-state index contributed by atoms with van der Waals surface area (Å²) >= 11 is 15.4. The van der Waals surface area contributed by atoms with Crippen LogP contribution in [-0.4, -0.2) is 13.0 Å². The summed E-state index contributed by atoms with van der Waals surface area (Å²) in [5, 5.41) is 3.33. The number of hydrogen-bond donors (Lipinski definition) is 1. The van der Waals surface area contributed by atoms with Gasteiger partial charge in [-0.3, -0.25) is 4.79 Å². The van der Waals surface area contributed by atoms with Crippen LogP contribution in [0.1, 0.15) is 10.4 Å². The molecule has 0 bridgehead atoms. The first-order chi connectivity index (χ1) is 9.52. The van der Waals surface area contributed by atoms with Gasteiger partial charge in [0.25, 0.3) is 5.91 Å². The molecule has 0 heterocycles. The number of rotatable bonds is 3. The van der Waals surface area contributed by atoms with Gasteiger partial charge in [0.1, 0.15) is 5.75 Å². The third-order valence-corrected chi connectivity index (χ3v) is 3.72. The molecule has 104 valence electrons. The smallest absolute Gasteiger partial charge is 0.258 e. The van der Waals surface area contributed by atoms with E-state index in [0.717, 1.165) is 4.47 Å². The molecule has 1 amide bonds. The van der Waals surface area contributed by atoms with Crippen molar-refractivity contribution in [3.8, 4) is 5.75 Å². The minimum absolute atomic E-state index is 0.234. The lowest BCUT2D eigenvalue weighted by atomic mass is 10.2. The van der Waals surface area contributed by atoms with Crippen LogP contribution < -0.4 is 10.1 Å². The molecule has 0 aliphatic heterocycles. The molecule has 0 aliphatic rings. The van der Waals surface area contributed by atoms with E-state index >= 15 is 0 Å². The second-order valence-electron chi connectivity index (χ2n) is 3.90. The molecule has 1 N–H and O–H groups in total. The minimum atomic E-state index is -0.392. The van der Waals surface area contributed by atoms with Crippen molar-refractivity contribution in [2.24, 2.45) is 0 Å². The number of hydrogen-bond acceptors (Lipinski definition) is 2. The maximum Gasteiger partial charge on any atom is 0.258 e. The maximum atomic E-state index is 12.3. The summed E-state index contributed by atoms with van der Waals surface area (Å²) in [6, 6.07) is 10.2. The first kappa shape index (κ1) is 15.2. The topological polar surface area (TPSA) is 38.3 Å². The zero-order chi connectivity index (χ0) is 14.7. The fourth-order valence-electron chi connectivity index (χ4n) is 1.68. The first-order valence-corrected chi connectivity index (χ1v) is 7.16.